The molecule has 2 N–H and O–H groups in total. The van der Waals surface area contributed by atoms with E-state index in [9.17, 15) is 0 Å². The summed E-state index contributed by atoms with van der Waals surface area (Å²) >= 11 is 0. The second-order valence-corrected chi connectivity index (χ2v) is 8.61. The summed E-state index contributed by atoms with van der Waals surface area (Å²) in [6.45, 7) is 2.19. The van der Waals surface area contributed by atoms with E-state index < -0.39 is 0 Å². The molecule has 1 fully saturated rings. The van der Waals surface area contributed by atoms with Crippen LogP contribution < -0.4 is 14.8 Å². The van der Waals surface area contributed by atoms with Gasteiger partial charge in [0.15, 0.2) is 11.5 Å². The van der Waals surface area contributed by atoms with E-state index in [4.69, 9.17) is 9.47 Å². The lowest BCUT2D eigenvalue weighted by Crippen LogP contribution is -2.44. The van der Waals surface area contributed by atoms with Gasteiger partial charge in [0.2, 0.25) is 0 Å². The molecule has 0 radical (unpaired) electrons. The average molecular weight is 391 g/mol. The number of hydrogen-bond donors (Lipinski definition) is 2. The van der Waals surface area contributed by atoms with Crippen LogP contribution in [0.3, 0.4) is 0 Å². The van der Waals surface area contributed by atoms with Crippen LogP contribution in [0.2, 0.25) is 0 Å². The molecule has 1 unspecified atom stereocenters. The number of aryl methyl sites for hydroxylation is 1. The zero-order valence-corrected chi connectivity index (χ0v) is 17.5. The molecule has 2 heterocycles. The number of benzene rings is 2. The fraction of sp³-hybridized carbons (Fsp3) is 0.440. The molecule has 152 valence electrons. The van der Waals surface area contributed by atoms with Crippen LogP contribution in [0.1, 0.15) is 60.0 Å². The van der Waals surface area contributed by atoms with E-state index in [0.717, 1.165) is 17.9 Å². The maximum atomic E-state index is 5.53. The Bertz CT molecular complexity index is 1040. The summed E-state index contributed by atoms with van der Waals surface area (Å²) in [4.78, 5) is 3.78. The summed E-state index contributed by atoms with van der Waals surface area (Å²) in [6, 6.07) is 14.0. The Labute approximate surface area is 172 Å². The molecule has 1 aliphatic heterocycles. The number of ether oxygens (including phenoxy) is 2. The van der Waals surface area contributed by atoms with Gasteiger partial charge in [0, 0.05) is 28.6 Å². The minimum Gasteiger partial charge on any atom is -0.493 e. The van der Waals surface area contributed by atoms with Crippen LogP contribution in [0.25, 0.3) is 10.9 Å². The lowest BCUT2D eigenvalue weighted by molar-refractivity contribution is 0.274. The van der Waals surface area contributed by atoms with Gasteiger partial charge in [-0.25, -0.2) is 0 Å². The van der Waals surface area contributed by atoms with Crippen LogP contribution in [0.5, 0.6) is 11.5 Å². The van der Waals surface area contributed by atoms with Crippen molar-refractivity contribution in [1.82, 2.24) is 10.3 Å². The largest absolute Gasteiger partial charge is 0.493 e. The lowest BCUT2D eigenvalue weighted by Gasteiger charge is -2.41. The first kappa shape index (κ1) is 18.6. The summed E-state index contributed by atoms with van der Waals surface area (Å²) < 4.78 is 10.9. The van der Waals surface area contributed by atoms with E-state index in [1.807, 2.05) is 6.07 Å². The van der Waals surface area contributed by atoms with Gasteiger partial charge in [-0.3, -0.25) is 0 Å². The van der Waals surface area contributed by atoms with Crippen LogP contribution in [0.15, 0.2) is 36.4 Å². The molecule has 0 amide bonds. The molecule has 0 bridgehead atoms. The number of aromatic nitrogens is 1. The van der Waals surface area contributed by atoms with Gasteiger partial charge in [-0.15, -0.1) is 0 Å². The van der Waals surface area contributed by atoms with Crippen LogP contribution in [0.4, 0.5) is 0 Å². The monoisotopic (exact) mass is 390 g/mol. The summed E-state index contributed by atoms with van der Waals surface area (Å²) in [7, 11) is 3.38. The van der Waals surface area contributed by atoms with Crippen molar-refractivity contribution in [2.45, 2.75) is 57.0 Å². The Kier molecular flexibility index (Phi) is 4.75. The Hall–Kier alpha value is -2.46. The molecular weight excluding hydrogens is 360 g/mol. The average Bonchev–Trinajstić information content (AvgIpc) is 3.13. The van der Waals surface area contributed by atoms with E-state index in [1.165, 1.54) is 53.4 Å². The topological polar surface area (TPSA) is 46.3 Å². The van der Waals surface area contributed by atoms with Gasteiger partial charge in [-0.05, 0) is 61.6 Å². The minimum absolute atomic E-state index is 0.287. The number of hydrogen-bond acceptors (Lipinski definition) is 3. The highest BCUT2D eigenvalue weighted by atomic mass is 16.5. The Morgan fingerprint density at radius 2 is 1.79 bits per heavy atom. The SMILES string of the molecule is COc1ccc(C[C@H]2NC3CCCC[C@@H]3c3c2[nH]c2ccc(C)cc32)cc1OC. The summed E-state index contributed by atoms with van der Waals surface area (Å²) in [5, 5.41) is 5.42. The molecule has 0 spiro atoms. The molecule has 29 heavy (non-hydrogen) atoms. The quantitative estimate of drug-likeness (QED) is 0.626. The van der Waals surface area contributed by atoms with Gasteiger partial charge in [0.25, 0.3) is 0 Å². The van der Waals surface area contributed by atoms with E-state index in [-0.39, 0.29) is 6.04 Å². The number of rotatable bonds is 4. The van der Waals surface area contributed by atoms with Crippen molar-refractivity contribution in [1.29, 1.82) is 0 Å². The van der Waals surface area contributed by atoms with Gasteiger partial charge in [-0.2, -0.15) is 0 Å². The van der Waals surface area contributed by atoms with E-state index >= 15 is 0 Å². The van der Waals surface area contributed by atoms with E-state index in [0.29, 0.717) is 12.0 Å². The molecule has 4 heteroatoms. The first-order valence-electron chi connectivity index (χ1n) is 10.8. The fourth-order valence-electron chi connectivity index (χ4n) is 5.44. The van der Waals surface area contributed by atoms with Crippen molar-refractivity contribution in [3.8, 4) is 11.5 Å². The molecule has 3 atom stereocenters. The first-order valence-corrected chi connectivity index (χ1v) is 10.8. The lowest BCUT2D eigenvalue weighted by atomic mass is 9.74. The smallest absolute Gasteiger partial charge is 0.160 e. The minimum atomic E-state index is 0.287. The normalized spacial score (nSPS) is 23.5. The van der Waals surface area contributed by atoms with Crippen LogP contribution in [0, 0.1) is 6.92 Å². The van der Waals surface area contributed by atoms with E-state index in [2.05, 4.69) is 47.6 Å². The molecule has 0 saturated heterocycles. The third-order valence-corrected chi connectivity index (χ3v) is 6.81. The summed E-state index contributed by atoms with van der Waals surface area (Å²) in [5.41, 5.74) is 6.81. The number of fused-ring (bicyclic) bond motifs is 5. The molecule has 1 aromatic heterocycles. The van der Waals surface area contributed by atoms with Crippen molar-refractivity contribution >= 4 is 10.9 Å². The highest BCUT2D eigenvalue weighted by molar-refractivity contribution is 5.86. The third kappa shape index (κ3) is 3.20. The molecule has 1 saturated carbocycles. The molecule has 3 aromatic rings. The molecule has 2 aromatic carbocycles. The number of methoxy groups -OCH3 is 2. The molecule has 2 aliphatic rings. The van der Waals surface area contributed by atoms with Crippen molar-refractivity contribution in [2.24, 2.45) is 0 Å². The van der Waals surface area contributed by atoms with E-state index in [1.54, 1.807) is 19.8 Å². The van der Waals surface area contributed by atoms with Crippen LogP contribution in [-0.2, 0) is 6.42 Å². The van der Waals surface area contributed by atoms with Gasteiger partial charge in [-0.1, -0.05) is 30.5 Å². The zero-order chi connectivity index (χ0) is 20.0. The molecule has 1 aliphatic carbocycles. The van der Waals surface area contributed by atoms with Gasteiger partial charge < -0.3 is 19.8 Å². The first-order chi connectivity index (χ1) is 14.2. The molecule has 4 nitrogen and oxygen atoms in total. The second kappa shape index (κ2) is 7.42. The van der Waals surface area contributed by atoms with Crippen LogP contribution in [-0.4, -0.2) is 25.2 Å². The van der Waals surface area contributed by atoms with Crippen LogP contribution >= 0.6 is 0 Å². The molecule has 5 rings (SSSR count). The van der Waals surface area contributed by atoms with Crippen molar-refractivity contribution in [2.75, 3.05) is 14.2 Å². The maximum absolute atomic E-state index is 5.53. The van der Waals surface area contributed by atoms with Gasteiger partial charge in [0.1, 0.15) is 0 Å². The highest BCUT2D eigenvalue weighted by Gasteiger charge is 2.38. The predicted octanol–water partition coefficient (Wildman–Crippen LogP) is 5.41. The molecular formula is C25H30N2O2. The highest BCUT2D eigenvalue weighted by Crippen LogP contribution is 2.45. The summed E-state index contributed by atoms with van der Waals surface area (Å²) in [5.74, 6) is 2.20. The third-order valence-electron chi connectivity index (χ3n) is 6.81. The van der Waals surface area contributed by atoms with Crippen molar-refractivity contribution in [3.05, 3.63) is 58.8 Å². The van der Waals surface area contributed by atoms with Crippen molar-refractivity contribution in [3.63, 3.8) is 0 Å². The Morgan fingerprint density at radius 1 is 0.966 bits per heavy atom. The number of nitrogens with one attached hydrogen (secondary N) is 2. The van der Waals surface area contributed by atoms with Crippen molar-refractivity contribution < 1.29 is 9.47 Å². The Morgan fingerprint density at radius 3 is 2.62 bits per heavy atom. The standard InChI is InChI=1S/C25H30N2O2/c1-15-8-10-20-18(12-15)24-17-6-4-5-7-19(17)26-21(25(24)27-20)13-16-9-11-22(28-2)23(14-16)29-3/h8-12,14,17,19,21,26-27H,4-7,13H2,1-3H3/t17-,19?,21+/m0/s1. The summed E-state index contributed by atoms with van der Waals surface area (Å²) in [6.07, 6.45) is 6.15. The van der Waals surface area contributed by atoms with Gasteiger partial charge >= 0.3 is 0 Å². The Balaban J connectivity index is 1.57. The number of aromatic amines is 1. The predicted molar refractivity (Wildman–Crippen MR) is 117 cm³/mol. The zero-order valence-electron chi connectivity index (χ0n) is 17.5. The second-order valence-electron chi connectivity index (χ2n) is 8.61. The number of H-pyrrole nitrogens is 1. The fourth-order valence-corrected chi connectivity index (χ4v) is 5.44. The van der Waals surface area contributed by atoms with Gasteiger partial charge in [0.05, 0.1) is 20.3 Å². The maximum Gasteiger partial charge on any atom is 0.160 e.